The lowest BCUT2D eigenvalue weighted by atomic mass is 9.95. The van der Waals surface area contributed by atoms with Crippen LogP contribution < -0.4 is 5.32 Å². The Balaban J connectivity index is 2.29. The zero-order valence-corrected chi connectivity index (χ0v) is 15.0. The molecule has 0 spiro atoms. The maximum absolute atomic E-state index is 3.63. The molecule has 0 aromatic heterocycles. The number of benzene rings is 2. The lowest BCUT2D eigenvalue weighted by Gasteiger charge is -2.21. The van der Waals surface area contributed by atoms with Crippen molar-refractivity contribution in [1.82, 2.24) is 5.32 Å². The minimum atomic E-state index is 0.340. The highest BCUT2D eigenvalue weighted by Crippen LogP contribution is 2.27. The summed E-state index contributed by atoms with van der Waals surface area (Å²) < 4.78 is 2.31. The van der Waals surface area contributed by atoms with Gasteiger partial charge in [0.25, 0.3) is 0 Å². The standard InChI is InChI=1S/C17H19Br2N/c1-3-20-17(11-13-6-4-7-14(18)10-13)15-8-5-9-16(19)12(15)2/h4-10,17,20H,3,11H2,1-2H3. The van der Waals surface area contributed by atoms with Gasteiger partial charge in [0.2, 0.25) is 0 Å². The Morgan fingerprint density at radius 2 is 1.85 bits per heavy atom. The molecule has 2 aromatic rings. The average molecular weight is 397 g/mol. The van der Waals surface area contributed by atoms with Gasteiger partial charge in [0, 0.05) is 15.0 Å². The van der Waals surface area contributed by atoms with E-state index in [1.54, 1.807) is 0 Å². The van der Waals surface area contributed by atoms with Gasteiger partial charge in [-0.25, -0.2) is 0 Å². The fourth-order valence-corrected chi connectivity index (χ4v) is 3.27. The molecule has 106 valence electrons. The zero-order valence-electron chi connectivity index (χ0n) is 11.8. The second-order valence-corrected chi connectivity index (χ2v) is 6.67. The maximum atomic E-state index is 3.63. The second-order valence-electron chi connectivity index (χ2n) is 4.90. The number of hydrogen-bond acceptors (Lipinski definition) is 1. The molecule has 0 aliphatic heterocycles. The van der Waals surface area contributed by atoms with E-state index in [0.29, 0.717) is 6.04 Å². The Bertz CT molecular complexity index is 581. The second kappa shape index (κ2) is 7.39. The molecule has 20 heavy (non-hydrogen) atoms. The molecule has 2 aromatic carbocycles. The Kier molecular flexibility index (Phi) is 5.82. The quantitative estimate of drug-likeness (QED) is 0.711. The van der Waals surface area contributed by atoms with Crippen molar-refractivity contribution in [3.8, 4) is 0 Å². The highest BCUT2D eigenvalue weighted by molar-refractivity contribution is 9.10. The van der Waals surface area contributed by atoms with Crippen molar-refractivity contribution in [2.45, 2.75) is 26.3 Å². The van der Waals surface area contributed by atoms with Gasteiger partial charge in [-0.15, -0.1) is 0 Å². The number of hydrogen-bond donors (Lipinski definition) is 1. The SMILES string of the molecule is CCNC(Cc1cccc(Br)c1)c1cccc(Br)c1C. The van der Waals surface area contributed by atoms with Gasteiger partial charge < -0.3 is 5.32 Å². The summed E-state index contributed by atoms with van der Waals surface area (Å²) in [4.78, 5) is 0. The van der Waals surface area contributed by atoms with Gasteiger partial charge in [0.05, 0.1) is 0 Å². The predicted molar refractivity (Wildman–Crippen MR) is 93.1 cm³/mol. The monoisotopic (exact) mass is 395 g/mol. The number of rotatable bonds is 5. The third kappa shape index (κ3) is 3.94. The van der Waals surface area contributed by atoms with E-state index in [-0.39, 0.29) is 0 Å². The van der Waals surface area contributed by atoms with Crippen LogP contribution in [0.2, 0.25) is 0 Å². The summed E-state index contributed by atoms with van der Waals surface area (Å²) in [5, 5.41) is 3.60. The number of nitrogens with one attached hydrogen (secondary N) is 1. The van der Waals surface area contributed by atoms with Crippen molar-refractivity contribution in [3.05, 3.63) is 68.1 Å². The maximum Gasteiger partial charge on any atom is 0.0363 e. The molecule has 0 bridgehead atoms. The van der Waals surface area contributed by atoms with Crippen molar-refractivity contribution in [3.63, 3.8) is 0 Å². The summed E-state index contributed by atoms with van der Waals surface area (Å²) in [6, 6.07) is 15.3. The third-order valence-electron chi connectivity index (χ3n) is 3.46. The first-order valence-corrected chi connectivity index (χ1v) is 8.43. The lowest BCUT2D eigenvalue weighted by Crippen LogP contribution is -2.23. The van der Waals surface area contributed by atoms with Crippen LogP contribution in [0.25, 0.3) is 0 Å². The predicted octanol–water partition coefficient (Wildman–Crippen LogP) is 5.41. The third-order valence-corrected chi connectivity index (χ3v) is 4.82. The fourth-order valence-electron chi connectivity index (χ4n) is 2.44. The molecule has 0 fully saturated rings. The van der Waals surface area contributed by atoms with E-state index < -0.39 is 0 Å². The molecule has 1 atom stereocenters. The zero-order chi connectivity index (χ0) is 14.5. The van der Waals surface area contributed by atoms with Gasteiger partial charge in [0.1, 0.15) is 0 Å². The molecule has 0 aliphatic carbocycles. The summed E-state index contributed by atoms with van der Waals surface area (Å²) in [6.45, 7) is 5.29. The fraction of sp³-hybridized carbons (Fsp3) is 0.294. The first-order chi connectivity index (χ1) is 9.61. The number of likely N-dealkylation sites (N-methyl/N-ethyl adjacent to an activating group) is 1. The van der Waals surface area contributed by atoms with Gasteiger partial charge in [-0.2, -0.15) is 0 Å². The highest BCUT2D eigenvalue weighted by Gasteiger charge is 2.14. The summed E-state index contributed by atoms with van der Waals surface area (Å²) in [5.41, 5.74) is 4.01. The lowest BCUT2D eigenvalue weighted by molar-refractivity contribution is 0.547. The van der Waals surface area contributed by atoms with Crippen LogP contribution in [-0.4, -0.2) is 6.54 Å². The van der Waals surface area contributed by atoms with Gasteiger partial charge in [-0.05, 0) is 54.8 Å². The molecule has 1 unspecified atom stereocenters. The molecular weight excluding hydrogens is 378 g/mol. The van der Waals surface area contributed by atoms with E-state index in [0.717, 1.165) is 17.4 Å². The summed E-state index contributed by atoms with van der Waals surface area (Å²) >= 11 is 7.17. The Hall–Kier alpha value is -0.640. The molecule has 0 radical (unpaired) electrons. The van der Waals surface area contributed by atoms with E-state index in [9.17, 15) is 0 Å². The molecule has 2 rings (SSSR count). The van der Waals surface area contributed by atoms with Crippen LogP contribution in [0.15, 0.2) is 51.4 Å². The average Bonchev–Trinajstić information content (AvgIpc) is 2.42. The minimum Gasteiger partial charge on any atom is -0.310 e. The Morgan fingerprint density at radius 1 is 1.10 bits per heavy atom. The van der Waals surface area contributed by atoms with E-state index in [1.807, 2.05) is 0 Å². The van der Waals surface area contributed by atoms with Crippen LogP contribution in [0.1, 0.15) is 29.7 Å². The smallest absolute Gasteiger partial charge is 0.0363 e. The molecule has 0 amide bonds. The van der Waals surface area contributed by atoms with Gasteiger partial charge in [-0.1, -0.05) is 63.0 Å². The molecular formula is C17H19Br2N. The van der Waals surface area contributed by atoms with Crippen molar-refractivity contribution in [1.29, 1.82) is 0 Å². The minimum absolute atomic E-state index is 0.340. The Morgan fingerprint density at radius 3 is 2.55 bits per heavy atom. The summed E-state index contributed by atoms with van der Waals surface area (Å²) in [7, 11) is 0. The van der Waals surface area contributed by atoms with Crippen molar-refractivity contribution in [2.24, 2.45) is 0 Å². The van der Waals surface area contributed by atoms with Crippen LogP contribution in [0.3, 0.4) is 0 Å². The molecule has 1 N–H and O–H groups in total. The van der Waals surface area contributed by atoms with Crippen LogP contribution in [-0.2, 0) is 6.42 Å². The van der Waals surface area contributed by atoms with Gasteiger partial charge in [0.15, 0.2) is 0 Å². The Labute approximate surface area is 138 Å². The summed E-state index contributed by atoms with van der Waals surface area (Å²) in [5.74, 6) is 0. The van der Waals surface area contributed by atoms with Crippen molar-refractivity contribution < 1.29 is 0 Å². The molecule has 0 heterocycles. The van der Waals surface area contributed by atoms with E-state index >= 15 is 0 Å². The topological polar surface area (TPSA) is 12.0 Å². The van der Waals surface area contributed by atoms with Crippen LogP contribution in [0.4, 0.5) is 0 Å². The van der Waals surface area contributed by atoms with E-state index in [1.165, 1.54) is 21.2 Å². The van der Waals surface area contributed by atoms with Crippen LogP contribution in [0, 0.1) is 6.92 Å². The molecule has 0 saturated heterocycles. The molecule has 0 aliphatic rings. The normalized spacial score (nSPS) is 12.4. The first kappa shape index (κ1) is 15.7. The molecule has 1 nitrogen and oxygen atoms in total. The van der Waals surface area contributed by atoms with Gasteiger partial charge >= 0.3 is 0 Å². The molecule has 3 heteroatoms. The van der Waals surface area contributed by atoms with Gasteiger partial charge in [-0.3, -0.25) is 0 Å². The van der Waals surface area contributed by atoms with Crippen LogP contribution >= 0.6 is 31.9 Å². The molecule has 0 saturated carbocycles. The van der Waals surface area contributed by atoms with E-state index in [2.05, 4.69) is 93.5 Å². The largest absolute Gasteiger partial charge is 0.310 e. The van der Waals surface area contributed by atoms with Crippen molar-refractivity contribution in [2.75, 3.05) is 6.54 Å². The first-order valence-electron chi connectivity index (χ1n) is 6.84. The highest BCUT2D eigenvalue weighted by atomic mass is 79.9. The number of halogens is 2. The summed E-state index contributed by atoms with van der Waals surface area (Å²) in [6.07, 6.45) is 0.991. The van der Waals surface area contributed by atoms with Crippen LogP contribution in [0.5, 0.6) is 0 Å². The van der Waals surface area contributed by atoms with E-state index in [4.69, 9.17) is 0 Å². The van der Waals surface area contributed by atoms with Crippen molar-refractivity contribution >= 4 is 31.9 Å².